The molecule has 1 heterocycles. The summed E-state index contributed by atoms with van der Waals surface area (Å²) >= 11 is 0. The Hall–Kier alpha value is -3.17. The summed E-state index contributed by atoms with van der Waals surface area (Å²) in [6, 6.07) is 14.8. The van der Waals surface area contributed by atoms with Crippen LogP contribution in [-0.4, -0.2) is 63.1 Å². The van der Waals surface area contributed by atoms with E-state index in [-0.39, 0.29) is 0 Å². The average Bonchev–Trinajstić information content (AvgIpc) is 2.78. The highest BCUT2D eigenvalue weighted by atomic mass is 32.2. The highest BCUT2D eigenvalue weighted by Gasteiger charge is 2.29. The van der Waals surface area contributed by atoms with Crippen molar-refractivity contribution in [2.45, 2.75) is 13.8 Å². The SMILES string of the molecule is CCOC(=O)/C=C/c1ccc(NC(=O)CS(=O)(=O)N2CCN(c3cccc(C)c3)CC2)cc1. The van der Waals surface area contributed by atoms with Gasteiger partial charge in [0.2, 0.25) is 15.9 Å². The fourth-order valence-corrected chi connectivity index (χ4v) is 4.84. The van der Waals surface area contributed by atoms with Crippen LogP contribution in [0, 0.1) is 6.92 Å². The first-order valence-electron chi connectivity index (χ1n) is 10.8. The third-order valence-electron chi connectivity index (χ3n) is 5.21. The van der Waals surface area contributed by atoms with E-state index in [1.165, 1.54) is 10.4 Å². The Balaban J connectivity index is 1.51. The van der Waals surface area contributed by atoms with Gasteiger partial charge in [-0.15, -0.1) is 0 Å². The lowest BCUT2D eigenvalue weighted by Gasteiger charge is -2.35. The van der Waals surface area contributed by atoms with Gasteiger partial charge in [0.15, 0.2) is 0 Å². The molecule has 1 fully saturated rings. The van der Waals surface area contributed by atoms with Crippen LogP contribution in [0.2, 0.25) is 0 Å². The molecule has 3 rings (SSSR count). The van der Waals surface area contributed by atoms with Gasteiger partial charge in [-0.25, -0.2) is 13.2 Å². The summed E-state index contributed by atoms with van der Waals surface area (Å²) in [4.78, 5) is 25.9. The fourth-order valence-electron chi connectivity index (χ4n) is 3.54. The molecule has 1 N–H and O–H groups in total. The van der Waals surface area contributed by atoms with Crippen LogP contribution >= 0.6 is 0 Å². The molecule has 0 unspecified atom stereocenters. The Bertz CT molecular complexity index is 1110. The molecule has 2 aromatic rings. The normalized spacial score (nSPS) is 14.9. The van der Waals surface area contributed by atoms with E-state index in [1.807, 2.05) is 25.1 Å². The molecule has 1 amide bonds. The van der Waals surface area contributed by atoms with Gasteiger partial charge in [0.25, 0.3) is 0 Å². The first-order chi connectivity index (χ1) is 15.8. The van der Waals surface area contributed by atoms with E-state index in [0.717, 1.165) is 16.8 Å². The van der Waals surface area contributed by atoms with Crippen molar-refractivity contribution in [2.75, 3.05) is 48.8 Å². The largest absolute Gasteiger partial charge is 0.463 e. The smallest absolute Gasteiger partial charge is 0.330 e. The van der Waals surface area contributed by atoms with Gasteiger partial charge >= 0.3 is 5.97 Å². The molecule has 1 saturated heterocycles. The molecule has 1 aliphatic heterocycles. The summed E-state index contributed by atoms with van der Waals surface area (Å²) in [5.74, 6) is -1.63. The van der Waals surface area contributed by atoms with E-state index < -0.39 is 27.7 Å². The van der Waals surface area contributed by atoms with E-state index in [2.05, 4.69) is 16.3 Å². The maximum absolute atomic E-state index is 12.7. The molecule has 0 aromatic heterocycles. The predicted molar refractivity (Wildman–Crippen MR) is 129 cm³/mol. The van der Waals surface area contributed by atoms with Crippen LogP contribution in [0.5, 0.6) is 0 Å². The van der Waals surface area contributed by atoms with E-state index in [1.54, 1.807) is 37.3 Å². The Labute approximate surface area is 194 Å². The van der Waals surface area contributed by atoms with Gasteiger partial charge in [-0.05, 0) is 55.3 Å². The first kappa shape index (κ1) is 24.5. The second kappa shape index (κ2) is 11.1. The Morgan fingerprint density at radius 2 is 1.76 bits per heavy atom. The van der Waals surface area contributed by atoms with Crippen LogP contribution < -0.4 is 10.2 Å². The molecule has 0 spiro atoms. The third kappa shape index (κ3) is 7.16. The van der Waals surface area contributed by atoms with Gasteiger partial charge < -0.3 is 15.0 Å². The monoisotopic (exact) mass is 471 g/mol. The molecule has 8 nitrogen and oxygen atoms in total. The minimum Gasteiger partial charge on any atom is -0.463 e. The number of carbonyl (C=O) groups excluding carboxylic acids is 2. The van der Waals surface area contributed by atoms with Crippen molar-refractivity contribution in [1.82, 2.24) is 4.31 Å². The van der Waals surface area contributed by atoms with Gasteiger partial charge in [0.05, 0.1) is 6.61 Å². The van der Waals surface area contributed by atoms with Crippen molar-refractivity contribution in [3.63, 3.8) is 0 Å². The predicted octanol–water partition coefficient (Wildman–Crippen LogP) is 2.66. The summed E-state index contributed by atoms with van der Waals surface area (Å²) in [6.07, 6.45) is 2.92. The maximum Gasteiger partial charge on any atom is 0.330 e. The number of anilines is 2. The number of nitrogens with one attached hydrogen (secondary N) is 1. The second-order valence-corrected chi connectivity index (χ2v) is 9.71. The zero-order chi connectivity index (χ0) is 23.8. The minimum absolute atomic E-state index is 0.305. The number of benzene rings is 2. The van der Waals surface area contributed by atoms with Crippen molar-refractivity contribution in [1.29, 1.82) is 0 Å². The summed E-state index contributed by atoms with van der Waals surface area (Å²) in [7, 11) is -3.72. The third-order valence-corrected chi connectivity index (χ3v) is 6.98. The maximum atomic E-state index is 12.7. The topological polar surface area (TPSA) is 96.0 Å². The number of aryl methyl sites for hydroxylation is 1. The zero-order valence-electron chi connectivity index (χ0n) is 18.9. The fraction of sp³-hybridized carbons (Fsp3) is 0.333. The number of piperazine rings is 1. The van der Waals surface area contributed by atoms with E-state index in [4.69, 9.17) is 4.74 Å². The number of carbonyl (C=O) groups is 2. The van der Waals surface area contributed by atoms with Crippen LogP contribution in [0.25, 0.3) is 6.08 Å². The second-order valence-electron chi connectivity index (χ2n) is 7.74. The van der Waals surface area contributed by atoms with Gasteiger partial charge in [0, 0.05) is 43.6 Å². The first-order valence-corrected chi connectivity index (χ1v) is 12.4. The number of hydrogen-bond acceptors (Lipinski definition) is 6. The summed E-state index contributed by atoms with van der Waals surface area (Å²) in [5.41, 5.74) is 3.46. The molecule has 176 valence electrons. The van der Waals surface area contributed by atoms with Gasteiger partial charge in [0.1, 0.15) is 5.75 Å². The number of sulfonamides is 1. The minimum atomic E-state index is -3.72. The highest BCUT2D eigenvalue weighted by molar-refractivity contribution is 7.89. The molecule has 0 radical (unpaired) electrons. The number of ether oxygens (including phenoxy) is 1. The van der Waals surface area contributed by atoms with E-state index in [0.29, 0.717) is 38.5 Å². The quantitative estimate of drug-likeness (QED) is 0.470. The molecule has 0 atom stereocenters. The van der Waals surface area contributed by atoms with Crippen molar-refractivity contribution in [3.05, 3.63) is 65.7 Å². The molecule has 33 heavy (non-hydrogen) atoms. The lowest BCUT2D eigenvalue weighted by Crippen LogP contribution is -2.50. The van der Waals surface area contributed by atoms with Crippen molar-refractivity contribution < 1.29 is 22.7 Å². The van der Waals surface area contributed by atoms with Gasteiger partial charge in [-0.2, -0.15) is 4.31 Å². The highest BCUT2D eigenvalue weighted by Crippen LogP contribution is 2.19. The molecule has 2 aromatic carbocycles. The molecule has 9 heteroatoms. The number of amides is 1. The number of esters is 1. The molecule has 1 aliphatic rings. The summed E-state index contributed by atoms with van der Waals surface area (Å²) in [5, 5.41) is 2.62. The van der Waals surface area contributed by atoms with E-state index >= 15 is 0 Å². The number of rotatable bonds is 8. The Kier molecular flexibility index (Phi) is 8.24. The number of nitrogens with zero attached hydrogens (tertiary/aromatic N) is 2. The zero-order valence-corrected chi connectivity index (χ0v) is 19.7. The average molecular weight is 472 g/mol. The van der Waals surface area contributed by atoms with Gasteiger partial charge in [-0.1, -0.05) is 24.3 Å². The van der Waals surface area contributed by atoms with Gasteiger partial charge in [-0.3, -0.25) is 4.79 Å². The lowest BCUT2D eigenvalue weighted by molar-refractivity contribution is -0.137. The lowest BCUT2D eigenvalue weighted by atomic mass is 10.2. The van der Waals surface area contributed by atoms with E-state index in [9.17, 15) is 18.0 Å². The molecular weight excluding hydrogens is 442 g/mol. The Morgan fingerprint density at radius 3 is 2.39 bits per heavy atom. The summed E-state index contributed by atoms with van der Waals surface area (Å²) in [6.45, 7) is 5.89. The molecule has 0 saturated carbocycles. The van der Waals surface area contributed by atoms with Crippen molar-refractivity contribution >= 4 is 39.4 Å². The van der Waals surface area contributed by atoms with Crippen LogP contribution in [-0.2, 0) is 24.3 Å². The van der Waals surface area contributed by atoms with Crippen molar-refractivity contribution in [2.24, 2.45) is 0 Å². The number of hydrogen-bond donors (Lipinski definition) is 1. The van der Waals surface area contributed by atoms with Crippen LogP contribution in [0.1, 0.15) is 18.1 Å². The Morgan fingerprint density at radius 1 is 1.06 bits per heavy atom. The summed E-state index contributed by atoms with van der Waals surface area (Å²) < 4.78 is 31.7. The van der Waals surface area contributed by atoms with Crippen molar-refractivity contribution in [3.8, 4) is 0 Å². The van der Waals surface area contributed by atoms with Crippen LogP contribution in [0.3, 0.4) is 0 Å². The van der Waals surface area contributed by atoms with Crippen LogP contribution in [0.15, 0.2) is 54.6 Å². The molecular formula is C24H29N3O5S. The van der Waals surface area contributed by atoms with Crippen LogP contribution in [0.4, 0.5) is 11.4 Å². The molecule has 0 aliphatic carbocycles. The molecule has 0 bridgehead atoms. The standard InChI is InChI=1S/C24H29N3O5S/c1-3-32-24(29)12-9-20-7-10-21(11-8-20)25-23(28)18-33(30,31)27-15-13-26(14-16-27)22-6-4-5-19(2)17-22/h4-12,17H,3,13-16,18H2,1-2H3,(H,25,28)/b12-9+.